The maximum Gasteiger partial charge on any atom is 0.308 e. The van der Waals surface area contributed by atoms with Crippen LogP contribution in [0, 0.1) is 5.92 Å². The minimum Gasteiger partial charge on any atom is -0.481 e. The number of hydrogen-bond donors (Lipinski definition) is 1. The molecule has 1 aliphatic rings. The van der Waals surface area contributed by atoms with Crippen molar-refractivity contribution >= 4 is 39.1 Å². The van der Waals surface area contributed by atoms with Crippen LogP contribution in [0.15, 0.2) is 15.9 Å². The number of aliphatic carboxylic acids is 1. The lowest BCUT2D eigenvalue weighted by atomic mass is 10.1. The molecule has 98 valence electrons. The van der Waals surface area contributed by atoms with Gasteiger partial charge in [0, 0.05) is 18.0 Å². The molecule has 0 unspecified atom stereocenters. The minimum atomic E-state index is -0.808. The average molecular weight is 332 g/mol. The number of carboxylic acid groups (broad SMARTS) is 1. The van der Waals surface area contributed by atoms with Gasteiger partial charge in [-0.25, -0.2) is 0 Å². The van der Waals surface area contributed by atoms with Gasteiger partial charge in [-0.3, -0.25) is 9.59 Å². The maximum absolute atomic E-state index is 12.2. The van der Waals surface area contributed by atoms with Gasteiger partial charge in [0.1, 0.15) is 0 Å². The first-order valence-electron chi connectivity index (χ1n) is 5.76. The number of hydrogen-bond acceptors (Lipinski definition) is 3. The smallest absolute Gasteiger partial charge is 0.308 e. The fourth-order valence-electron chi connectivity index (χ4n) is 2.12. The van der Waals surface area contributed by atoms with Gasteiger partial charge in [0.25, 0.3) is 0 Å². The number of amides is 1. The Labute approximate surface area is 118 Å². The molecular formula is C12H14BrNO3S. The lowest BCUT2D eigenvalue weighted by Gasteiger charge is -2.19. The van der Waals surface area contributed by atoms with Gasteiger partial charge in [0.2, 0.25) is 5.91 Å². The zero-order chi connectivity index (χ0) is 13.3. The summed E-state index contributed by atoms with van der Waals surface area (Å²) < 4.78 is 1.00. The summed E-state index contributed by atoms with van der Waals surface area (Å²) in [5, 5.41) is 8.93. The molecule has 1 fully saturated rings. The Hall–Kier alpha value is -0.880. The zero-order valence-corrected chi connectivity index (χ0v) is 12.3. The summed E-state index contributed by atoms with van der Waals surface area (Å²) in [6, 6.07) is 3.86. The second-order valence-corrected chi connectivity index (χ2v) is 6.97. The molecule has 18 heavy (non-hydrogen) atoms. The van der Waals surface area contributed by atoms with E-state index in [1.165, 1.54) is 0 Å². The number of rotatable bonds is 3. The first kappa shape index (κ1) is 13.5. The second kappa shape index (κ2) is 5.40. The molecule has 2 rings (SSSR count). The molecule has 0 bridgehead atoms. The molecular weight excluding hydrogens is 318 g/mol. The van der Waals surface area contributed by atoms with Gasteiger partial charge in [-0.1, -0.05) is 0 Å². The molecule has 1 saturated heterocycles. The molecule has 2 heterocycles. The Balaban J connectivity index is 2.02. The van der Waals surface area contributed by atoms with Gasteiger partial charge < -0.3 is 10.0 Å². The summed E-state index contributed by atoms with van der Waals surface area (Å²) in [5.41, 5.74) is 0. The number of likely N-dealkylation sites (tertiary alicyclic amines) is 1. The predicted octanol–water partition coefficient (Wildman–Crippen LogP) is 2.55. The van der Waals surface area contributed by atoms with Gasteiger partial charge in [0.05, 0.1) is 15.6 Å². The highest BCUT2D eigenvalue weighted by atomic mass is 79.9. The topological polar surface area (TPSA) is 57.6 Å². The summed E-state index contributed by atoms with van der Waals surface area (Å²) in [5.74, 6) is -1.39. The van der Waals surface area contributed by atoms with Crippen molar-refractivity contribution < 1.29 is 14.7 Å². The second-order valence-electron chi connectivity index (χ2n) is 4.47. The molecule has 4 nitrogen and oxygen atoms in total. The third-order valence-corrected chi connectivity index (χ3v) is 5.05. The van der Waals surface area contributed by atoms with Crippen molar-refractivity contribution in [1.82, 2.24) is 4.90 Å². The predicted molar refractivity (Wildman–Crippen MR) is 72.8 cm³/mol. The molecule has 0 saturated carbocycles. The maximum atomic E-state index is 12.2. The molecule has 1 N–H and O–H groups in total. The first-order chi connectivity index (χ1) is 8.49. The lowest BCUT2D eigenvalue weighted by molar-refractivity contribution is -0.141. The van der Waals surface area contributed by atoms with Crippen molar-refractivity contribution in [1.29, 1.82) is 0 Å². The lowest BCUT2D eigenvalue weighted by Crippen LogP contribution is -2.32. The molecule has 1 aromatic rings. The molecule has 0 radical (unpaired) electrons. The number of thiophene rings is 1. The Morgan fingerprint density at radius 1 is 1.56 bits per heavy atom. The molecule has 6 heteroatoms. The Bertz CT molecular complexity index is 474. The number of carbonyl (C=O) groups is 2. The van der Waals surface area contributed by atoms with Gasteiger partial charge in [-0.2, -0.15) is 0 Å². The SMILES string of the molecule is C[C@H](C(=O)N1CC[C@@H](C(=O)O)C1)c1ccc(Br)s1. The molecule has 1 amide bonds. The van der Waals surface area contributed by atoms with Crippen LogP contribution in [0.5, 0.6) is 0 Å². The number of carboxylic acids is 1. The number of halogens is 1. The quantitative estimate of drug-likeness (QED) is 0.925. The summed E-state index contributed by atoms with van der Waals surface area (Å²) in [6.07, 6.45) is 0.557. The van der Waals surface area contributed by atoms with E-state index in [0.29, 0.717) is 19.5 Å². The van der Waals surface area contributed by atoms with Crippen molar-refractivity contribution in [2.24, 2.45) is 5.92 Å². The Morgan fingerprint density at radius 3 is 2.78 bits per heavy atom. The molecule has 0 aliphatic carbocycles. The number of carbonyl (C=O) groups excluding carboxylic acids is 1. The van der Waals surface area contributed by atoms with E-state index in [9.17, 15) is 9.59 Å². The average Bonchev–Trinajstić information content (AvgIpc) is 2.95. The first-order valence-corrected chi connectivity index (χ1v) is 7.37. The van der Waals surface area contributed by atoms with E-state index >= 15 is 0 Å². The fraction of sp³-hybridized carbons (Fsp3) is 0.500. The van der Waals surface area contributed by atoms with E-state index in [-0.39, 0.29) is 11.8 Å². The number of nitrogens with zero attached hydrogens (tertiary/aromatic N) is 1. The van der Waals surface area contributed by atoms with E-state index < -0.39 is 11.9 Å². The highest BCUT2D eigenvalue weighted by molar-refractivity contribution is 9.11. The molecule has 1 aliphatic heterocycles. The van der Waals surface area contributed by atoms with E-state index in [4.69, 9.17) is 5.11 Å². The summed E-state index contributed by atoms with van der Waals surface area (Å²) in [7, 11) is 0. The van der Waals surface area contributed by atoms with Crippen LogP contribution in [0.4, 0.5) is 0 Å². The van der Waals surface area contributed by atoms with E-state index in [1.807, 2.05) is 19.1 Å². The van der Waals surface area contributed by atoms with Crippen LogP contribution in [-0.2, 0) is 9.59 Å². The summed E-state index contributed by atoms with van der Waals surface area (Å²) >= 11 is 4.92. The monoisotopic (exact) mass is 331 g/mol. The van der Waals surface area contributed by atoms with Crippen LogP contribution in [0.1, 0.15) is 24.1 Å². The largest absolute Gasteiger partial charge is 0.481 e. The van der Waals surface area contributed by atoms with Crippen LogP contribution in [0.3, 0.4) is 0 Å². The minimum absolute atomic E-state index is 0.0214. The van der Waals surface area contributed by atoms with Crippen LogP contribution >= 0.6 is 27.3 Å². The molecule has 2 atom stereocenters. The van der Waals surface area contributed by atoms with E-state index in [2.05, 4.69) is 15.9 Å². The van der Waals surface area contributed by atoms with Crippen LogP contribution in [-0.4, -0.2) is 35.0 Å². The highest BCUT2D eigenvalue weighted by Crippen LogP contribution is 2.30. The van der Waals surface area contributed by atoms with Crippen LogP contribution in [0.2, 0.25) is 0 Å². The van der Waals surface area contributed by atoms with Gasteiger partial charge in [-0.05, 0) is 41.4 Å². The molecule has 1 aromatic heterocycles. The summed E-state index contributed by atoms with van der Waals surface area (Å²) in [6.45, 7) is 2.76. The summed E-state index contributed by atoms with van der Waals surface area (Å²) in [4.78, 5) is 25.8. The van der Waals surface area contributed by atoms with E-state index in [0.717, 1.165) is 8.66 Å². The van der Waals surface area contributed by atoms with Crippen molar-refractivity contribution in [3.63, 3.8) is 0 Å². The zero-order valence-electron chi connectivity index (χ0n) is 9.93. The van der Waals surface area contributed by atoms with Crippen molar-refractivity contribution in [2.75, 3.05) is 13.1 Å². The van der Waals surface area contributed by atoms with Crippen LogP contribution in [0.25, 0.3) is 0 Å². The van der Waals surface area contributed by atoms with Gasteiger partial charge in [-0.15, -0.1) is 11.3 Å². The Morgan fingerprint density at radius 2 is 2.28 bits per heavy atom. The molecule has 0 aromatic carbocycles. The normalized spacial score (nSPS) is 21.0. The van der Waals surface area contributed by atoms with Crippen molar-refractivity contribution in [3.8, 4) is 0 Å². The fourth-order valence-corrected chi connectivity index (χ4v) is 3.59. The van der Waals surface area contributed by atoms with Crippen molar-refractivity contribution in [3.05, 3.63) is 20.8 Å². The Kier molecular flexibility index (Phi) is 4.07. The highest BCUT2D eigenvalue weighted by Gasteiger charge is 2.33. The third-order valence-electron chi connectivity index (χ3n) is 3.24. The van der Waals surface area contributed by atoms with Crippen molar-refractivity contribution in [2.45, 2.75) is 19.3 Å². The van der Waals surface area contributed by atoms with Gasteiger partial charge in [0.15, 0.2) is 0 Å². The standard InChI is InChI=1S/C12H14BrNO3S/c1-7(9-2-3-10(13)18-9)11(15)14-5-4-8(6-14)12(16)17/h2-3,7-8H,4-6H2,1H3,(H,16,17)/t7-,8+/m0/s1. The third kappa shape index (κ3) is 2.75. The molecule has 0 spiro atoms. The van der Waals surface area contributed by atoms with E-state index in [1.54, 1.807) is 16.2 Å². The van der Waals surface area contributed by atoms with Gasteiger partial charge >= 0.3 is 5.97 Å². The van der Waals surface area contributed by atoms with Crippen LogP contribution < -0.4 is 0 Å².